The van der Waals surface area contributed by atoms with Gasteiger partial charge in [-0.3, -0.25) is 19.2 Å². The fraction of sp³-hybridized carbons (Fsp3) is 0.361. The van der Waals surface area contributed by atoms with Crippen molar-refractivity contribution in [2.24, 2.45) is 5.92 Å². The first kappa shape index (κ1) is 32.4. The highest BCUT2D eigenvalue weighted by atomic mass is 16.5. The van der Waals surface area contributed by atoms with E-state index in [2.05, 4.69) is 16.0 Å². The van der Waals surface area contributed by atoms with Crippen LogP contribution in [-0.4, -0.2) is 65.7 Å². The molecule has 5 rings (SSSR count). The molecule has 240 valence electrons. The number of benzene rings is 3. The van der Waals surface area contributed by atoms with Gasteiger partial charge in [0.05, 0.1) is 6.04 Å². The van der Waals surface area contributed by atoms with Gasteiger partial charge in [-0.2, -0.15) is 0 Å². The minimum atomic E-state index is -0.969. The number of hydrogen-bond acceptors (Lipinski definition) is 6. The summed E-state index contributed by atoms with van der Waals surface area (Å²) in [5.41, 5.74) is 2.59. The third kappa shape index (κ3) is 9.26. The lowest BCUT2D eigenvalue weighted by Gasteiger charge is -2.27. The van der Waals surface area contributed by atoms with E-state index in [1.807, 2.05) is 91.0 Å². The molecule has 1 heterocycles. The van der Waals surface area contributed by atoms with E-state index in [9.17, 15) is 24.0 Å². The number of ketones is 1. The van der Waals surface area contributed by atoms with Crippen LogP contribution in [0.2, 0.25) is 0 Å². The molecule has 0 bridgehead atoms. The van der Waals surface area contributed by atoms with Crippen LogP contribution in [0.25, 0.3) is 0 Å². The van der Waals surface area contributed by atoms with E-state index in [-0.39, 0.29) is 31.3 Å². The van der Waals surface area contributed by atoms with Gasteiger partial charge in [-0.15, -0.1) is 0 Å². The number of alkyl carbamates (subject to hydrolysis) is 1. The minimum Gasteiger partial charge on any atom is -0.445 e. The monoisotopic (exact) mass is 624 g/mol. The maximum atomic E-state index is 13.8. The molecule has 3 aromatic carbocycles. The Hall–Kier alpha value is -4.99. The highest BCUT2D eigenvalue weighted by Gasteiger charge is 2.38. The predicted molar refractivity (Wildman–Crippen MR) is 171 cm³/mol. The number of hydrogen-bond donors (Lipinski definition) is 3. The van der Waals surface area contributed by atoms with Gasteiger partial charge in [0.15, 0.2) is 5.78 Å². The molecule has 10 heteroatoms. The van der Waals surface area contributed by atoms with Crippen LogP contribution >= 0.6 is 0 Å². The maximum Gasteiger partial charge on any atom is 0.407 e. The lowest BCUT2D eigenvalue weighted by molar-refractivity contribution is -0.139. The zero-order chi connectivity index (χ0) is 32.3. The summed E-state index contributed by atoms with van der Waals surface area (Å²) in [6.07, 6.45) is 2.50. The fourth-order valence-electron chi connectivity index (χ4n) is 5.69. The summed E-state index contributed by atoms with van der Waals surface area (Å²) in [4.78, 5) is 67.3. The van der Waals surface area contributed by atoms with Crippen LogP contribution in [0.3, 0.4) is 0 Å². The summed E-state index contributed by atoms with van der Waals surface area (Å²) in [6.45, 7) is 0.0942. The number of carbonyl (C=O) groups excluding carboxylic acids is 5. The van der Waals surface area contributed by atoms with Gasteiger partial charge in [-0.25, -0.2) is 4.79 Å². The number of nitrogens with one attached hydrogen (secondary N) is 3. The van der Waals surface area contributed by atoms with Gasteiger partial charge in [0.2, 0.25) is 17.7 Å². The largest absolute Gasteiger partial charge is 0.445 e. The van der Waals surface area contributed by atoms with Crippen LogP contribution in [0.15, 0.2) is 91.0 Å². The SMILES string of the molecule is O=C(NCC(=O)N1CCCC1C(=O)NC(Cc1ccccc1)C(=O)NC(Cc1ccccc1)C(=O)C1CC1)OCc1ccccc1. The van der Waals surface area contributed by atoms with Gasteiger partial charge in [0.25, 0.3) is 0 Å². The van der Waals surface area contributed by atoms with Crippen molar-refractivity contribution in [1.29, 1.82) is 0 Å². The summed E-state index contributed by atoms with van der Waals surface area (Å²) in [5, 5.41) is 8.30. The summed E-state index contributed by atoms with van der Waals surface area (Å²) in [6, 6.07) is 25.6. The second-order valence-corrected chi connectivity index (χ2v) is 11.8. The molecule has 1 aliphatic heterocycles. The van der Waals surface area contributed by atoms with Crippen molar-refractivity contribution in [1.82, 2.24) is 20.9 Å². The first-order valence-corrected chi connectivity index (χ1v) is 15.8. The van der Waals surface area contributed by atoms with Crippen molar-refractivity contribution in [2.75, 3.05) is 13.1 Å². The van der Waals surface area contributed by atoms with Crippen LogP contribution < -0.4 is 16.0 Å². The van der Waals surface area contributed by atoms with Crippen molar-refractivity contribution in [3.63, 3.8) is 0 Å². The maximum absolute atomic E-state index is 13.8. The van der Waals surface area contributed by atoms with E-state index in [1.54, 1.807) is 0 Å². The van der Waals surface area contributed by atoms with E-state index in [4.69, 9.17) is 4.74 Å². The molecule has 3 aromatic rings. The number of amides is 4. The zero-order valence-corrected chi connectivity index (χ0v) is 25.7. The van der Waals surface area contributed by atoms with Crippen LogP contribution in [0.1, 0.15) is 42.4 Å². The topological polar surface area (TPSA) is 134 Å². The molecule has 3 N–H and O–H groups in total. The number of carbonyl (C=O) groups is 5. The van der Waals surface area contributed by atoms with Crippen molar-refractivity contribution in [2.45, 2.75) is 63.3 Å². The van der Waals surface area contributed by atoms with Gasteiger partial charge in [-0.05, 0) is 48.8 Å². The van der Waals surface area contributed by atoms with Crippen molar-refractivity contribution < 1.29 is 28.7 Å². The smallest absolute Gasteiger partial charge is 0.407 e. The Kier molecular flexibility index (Phi) is 11.2. The van der Waals surface area contributed by atoms with E-state index >= 15 is 0 Å². The van der Waals surface area contributed by atoms with E-state index in [0.717, 1.165) is 29.5 Å². The van der Waals surface area contributed by atoms with E-state index in [1.165, 1.54) is 4.90 Å². The summed E-state index contributed by atoms with van der Waals surface area (Å²) in [7, 11) is 0. The fourth-order valence-corrected chi connectivity index (χ4v) is 5.69. The van der Waals surface area contributed by atoms with Gasteiger partial charge >= 0.3 is 6.09 Å². The summed E-state index contributed by atoms with van der Waals surface area (Å²) in [5.74, 6) is -1.38. The van der Waals surface area contributed by atoms with Gasteiger partial charge in [0.1, 0.15) is 25.2 Å². The third-order valence-corrected chi connectivity index (χ3v) is 8.31. The molecular weight excluding hydrogens is 584 g/mol. The first-order valence-electron chi connectivity index (χ1n) is 15.8. The first-order chi connectivity index (χ1) is 22.4. The molecule has 3 unspecified atom stereocenters. The Morgan fingerprint density at radius 1 is 0.717 bits per heavy atom. The highest BCUT2D eigenvalue weighted by Crippen LogP contribution is 2.31. The predicted octanol–water partition coefficient (Wildman–Crippen LogP) is 3.34. The van der Waals surface area contributed by atoms with Crippen molar-refractivity contribution >= 4 is 29.6 Å². The molecule has 0 radical (unpaired) electrons. The molecule has 2 fully saturated rings. The van der Waals surface area contributed by atoms with Crippen LogP contribution in [0.5, 0.6) is 0 Å². The lowest BCUT2D eigenvalue weighted by atomic mass is 9.98. The average molecular weight is 625 g/mol. The second kappa shape index (κ2) is 15.8. The Labute approximate surface area is 268 Å². The normalized spacial score (nSPS) is 17.0. The average Bonchev–Trinajstić information content (AvgIpc) is 3.82. The highest BCUT2D eigenvalue weighted by molar-refractivity contribution is 5.96. The van der Waals surface area contributed by atoms with E-state index in [0.29, 0.717) is 25.8 Å². The zero-order valence-electron chi connectivity index (χ0n) is 25.7. The van der Waals surface area contributed by atoms with Gasteiger partial charge in [0, 0.05) is 18.9 Å². The Morgan fingerprint density at radius 2 is 1.28 bits per heavy atom. The van der Waals surface area contributed by atoms with E-state index < -0.39 is 41.9 Å². The quantitative estimate of drug-likeness (QED) is 0.252. The number of rotatable bonds is 14. The number of nitrogens with zero attached hydrogens (tertiary/aromatic N) is 1. The number of likely N-dealkylation sites (tertiary alicyclic amines) is 1. The molecule has 1 saturated heterocycles. The molecule has 3 atom stereocenters. The molecule has 0 spiro atoms. The molecule has 2 aliphatic rings. The van der Waals surface area contributed by atoms with Crippen LogP contribution in [-0.2, 0) is 43.4 Å². The van der Waals surface area contributed by atoms with Gasteiger partial charge < -0.3 is 25.6 Å². The minimum absolute atomic E-state index is 0.00403. The Balaban J connectivity index is 1.22. The Bertz CT molecular complexity index is 1500. The molecule has 0 aromatic heterocycles. The Morgan fingerprint density at radius 3 is 1.87 bits per heavy atom. The van der Waals surface area contributed by atoms with Gasteiger partial charge in [-0.1, -0.05) is 91.0 Å². The van der Waals surface area contributed by atoms with Crippen LogP contribution in [0.4, 0.5) is 4.79 Å². The van der Waals surface area contributed by atoms with Crippen molar-refractivity contribution in [3.05, 3.63) is 108 Å². The second-order valence-electron chi connectivity index (χ2n) is 11.8. The number of Topliss-reactive ketones (excluding diaryl/α,β-unsaturated/α-hetero) is 1. The molecule has 1 saturated carbocycles. The molecule has 4 amide bonds. The molecule has 46 heavy (non-hydrogen) atoms. The molecular formula is C36H40N4O6. The lowest BCUT2D eigenvalue weighted by Crippen LogP contribution is -2.57. The molecule has 1 aliphatic carbocycles. The number of ether oxygens (including phenoxy) is 1. The third-order valence-electron chi connectivity index (χ3n) is 8.31. The molecule has 10 nitrogen and oxygen atoms in total. The van der Waals surface area contributed by atoms with Crippen LogP contribution in [0, 0.1) is 5.92 Å². The summed E-state index contributed by atoms with van der Waals surface area (Å²) >= 11 is 0. The van der Waals surface area contributed by atoms with Crippen molar-refractivity contribution in [3.8, 4) is 0 Å². The standard InChI is InChI=1S/C36H40N4O6/c41-32(23-37-36(45)46-24-27-15-8-3-9-16-27)40-20-10-17-31(40)35(44)39-30(22-26-13-6-2-7-14-26)34(43)38-29(33(42)28-18-19-28)21-25-11-4-1-5-12-25/h1-9,11-16,28-31H,10,17-24H2,(H,37,45)(H,38,43)(H,39,44). The summed E-state index contributed by atoms with van der Waals surface area (Å²) < 4.78 is 5.19.